The topological polar surface area (TPSA) is 55.8 Å². The van der Waals surface area contributed by atoms with Crippen molar-refractivity contribution in [1.29, 1.82) is 0 Å². The van der Waals surface area contributed by atoms with Gasteiger partial charge in [0.1, 0.15) is 5.03 Å². The molecule has 5 nitrogen and oxygen atoms in total. The van der Waals surface area contributed by atoms with Crippen LogP contribution in [0.25, 0.3) is 5.57 Å². The molecule has 0 radical (unpaired) electrons. The number of hydrogen-bond acceptors (Lipinski definition) is 4. The van der Waals surface area contributed by atoms with Crippen LogP contribution in [0.3, 0.4) is 0 Å². The molecule has 2 aliphatic heterocycles. The summed E-state index contributed by atoms with van der Waals surface area (Å²) >= 11 is 6.25. The number of halogens is 1. The molecule has 0 saturated carbocycles. The fourth-order valence-corrected chi connectivity index (χ4v) is 3.52. The van der Waals surface area contributed by atoms with E-state index in [0.29, 0.717) is 17.1 Å². The molecule has 0 bridgehead atoms. The number of fused-ring (bicyclic) bond motifs is 1. The summed E-state index contributed by atoms with van der Waals surface area (Å²) in [6, 6.07) is 11.0. The van der Waals surface area contributed by atoms with Crippen LogP contribution in [0.1, 0.15) is 22.3 Å². The summed E-state index contributed by atoms with van der Waals surface area (Å²) in [5.41, 5.74) is 3.70. The van der Waals surface area contributed by atoms with Crippen LogP contribution >= 0.6 is 11.6 Å². The second kappa shape index (κ2) is 6.18. The summed E-state index contributed by atoms with van der Waals surface area (Å²) in [6.07, 6.45) is 0. The maximum Gasteiger partial charge on any atom is 0.273 e. The van der Waals surface area contributed by atoms with Crippen molar-refractivity contribution in [3.05, 3.63) is 63.7 Å². The Morgan fingerprint density at radius 2 is 1.77 bits per heavy atom. The van der Waals surface area contributed by atoms with Gasteiger partial charge < -0.3 is 9.47 Å². The largest absolute Gasteiger partial charge is 0.454 e. The summed E-state index contributed by atoms with van der Waals surface area (Å²) in [7, 11) is 0. The van der Waals surface area contributed by atoms with Gasteiger partial charge in [0, 0.05) is 0 Å². The van der Waals surface area contributed by atoms with Crippen LogP contribution in [0.15, 0.2) is 41.4 Å². The first-order valence-electron chi connectivity index (χ1n) is 8.18. The van der Waals surface area contributed by atoms with Gasteiger partial charge in [-0.25, -0.2) is 0 Å². The van der Waals surface area contributed by atoms with Crippen molar-refractivity contribution >= 4 is 29.0 Å². The minimum Gasteiger partial charge on any atom is -0.454 e. The number of ether oxygens (including phenoxy) is 2. The van der Waals surface area contributed by atoms with Crippen LogP contribution in [0.2, 0.25) is 0 Å². The summed E-state index contributed by atoms with van der Waals surface area (Å²) in [5, 5.41) is -0.0392. The number of rotatable bonds is 3. The Labute approximate surface area is 155 Å². The van der Waals surface area contributed by atoms with E-state index < -0.39 is 5.91 Å². The van der Waals surface area contributed by atoms with Crippen molar-refractivity contribution in [2.75, 3.05) is 6.79 Å². The summed E-state index contributed by atoms with van der Waals surface area (Å²) in [4.78, 5) is 26.6. The second-order valence-corrected chi connectivity index (χ2v) is 6.77. The smallest absolute Gasteiger partial charge is 0.273 e. The standard InChI is InChI=1S/C20H16ClNO4/c1-11-3-5-14(12(2)7-11)17-18(21)20(24)22(19(17)23)9-13-4-6-15-16(8-13)26-10-25-15/h3-8H,9-10H2,1-2H3. The van der Waals surface area contributed by atoms with Gasteiger partial charge in [0.2, 0.25) is 6.79 Å². The van der Waals surface area contributed by atoms with Crippen molar-refractivity contribution in [2.24, 2.45) is 0 Å². The number of benzene rings is 2. The van der Waals surface area contributed by atoms with E-state index in [1.54, 1.807) is 18.2 Å². The predicted molar refractivity (Wildman–Crippen MR) is 96.8 cm³/mol. The molecule has 0 saturated heterocycles. The van der Waals surface area contributed by atoms with Crippen molar-refractivity contribution < 1.29 is 19.1 Å². The van der Waals surface area contributed by atoms with Gasteiger partial charge in [0.25, 0.3) is 11.8 Å². The Bertz CT molecular complexity index is 980. The molecular formula is C20H16ClNO4. The lowest BCUT2D eigenvalue weighted by Crippen LogP contribution is -2.30. The van der Waals surface area contributed by atoms with Crippen molar-refractivity contribution in [2.45, 2.75) is 20.4 Å². The van der Waals surface area contributed by atoms with E-state index in [4.69, 9.17) is 21.1 Å². The van der Waals surface area contributed by atoms with Crippen LogP contribution in [0, 0.1) is 13.8 Å². The van der Waals surface area contributed by atoms with Gasteiger partial charge in [-0.2, -0.15) is 0 Å². The molecule has 2 heterocycles. The monoisotopic (exact) mass is 369 g/mol. The highest BCUT2D eigenvalue weighted by Crippen LogP contribution is 2.36. The normalized spacial score (nSPS) is 16.0. The number of aryl methyl sites for hydroxylation is 2. The van der Waals surface area contributed by atoms with Gasteiger partial charge in [-0.3, -0.25) is 14.5 Å². The Kier molecular flexibility index (Phi) is 3.96. The Morgan fingerprint density at radius 3 is 2.54 bits per heavy atom. The van der Waals surface area contributed by atoms with Crippen LogP contribution < -0.4 is 9.47 Å². The van der Waals surface area contributed by atoms with Gasteiger partial charge in [-0.1, -0.05) is 41.4 Å². The molecule has 0 aromatic heterocycles. The van der Waals surface area contributed by atoms with E-state index >= 15 is 0 Å². The lowest BCUT2D eigenvalue weighted by Gasteiger charge is -2.15. The second-order valence-electron chi connectivity index (χ2n) is 6.39. The average molecular weight is 370 g/mol. The lowest BCUT2D eigenvalue weighted by molar-refractivity contribution is -0.137. The molecule has 6 heteroatoms. The molecule has 0 unspecified atom stereocenters. The molecular weight excluding hydrogens is 354 g/mol. The maximum absolute atomic E-state index is 12.9. The third kappa shape index (κ3) is 2.65. The van der Waals surface area contributed by atoms with E-state index in [9.17, 15) is 9.59 Å². The maximum atomic E-state index is 12.9. The molecule has 26 heavy (non-hydrogen) atoms. The van der Waals surface area contributed by atoms with Crippen LogP contribution in [-0.4, -0.2) is 23.5 Å². The molecule has 0 fully saturated rings. The van der Waals surface area contributed by atoms with E-state index in [0.717, 1.165) is 21.6 Å². The molecule has 0 spiro atoms. The molecule has 2 amide bonds. The first kappa shape index (κ1) is 16.7. The number of carbonyl (C=O) groups is 2. The van der Waals surface area contributed by atoms with Gasteiger partial charge in [-0.15, -0.1) is 0 Å². The summed E-state index contributed by atoms with van der Waals surface area (Å²) < 4.78 is 10.6. The highest BCUT2D eigenvalue weighted by Gasteiger charge is 2.38. The highest BCUT2D eigenvalue weighted by atomic mass is 35.5. The highest BCUT2D eigenvalue weighted by molar-refractivity contribution is 6.55. The number of carbonyl (C=O) groups excluding carboxylic acids is 2. The Hall–Kier alpha value is -2.79. The number of nitrogens with zero attached hydrogens (tertiary/aromatic N) is 1. The van der Waals surface area contributed by atoms with E-state index in [1.165, 1.54) is 0 Å². The van der Waals surface area contributed by atoms with Gasteiger partial charge in [-0.05, 0) is 42.7 Å². The zero-order valence-corrected chi connectivity index (χ0v) is 15.1. The molecule has 2 aromatic rings. The van der Waals surface area contributed by atoms with E-state index in [2.05, 4.69) is 0 Å². The molecule has 0 atom stereocenters. The minimum absolute atomic E-state index is 0.0392. The summed E-state index contributed by atoms with van der Waals surface area (Å²) in [5.74, 6) is 0.393. The molecule has 2 aromatic carbocycles. The van der Waals surface area contributed by atoms with Gasteiger partial charge >= 0.3 is 0 Å². The molecule has 2 aliphatic rings. The average Bonchev–Trinajstić information content (AvgIpc) is 3.15. The van der Waals surface area contributed by atoms with Crippen molar-refractivity contribution in [3.63, 3.8) is 0 Å². The van der Waals surface area contributed by atoms with Crippen LogP contribution in [0.5, 0.6) is 11.5 Å². The third-order valence-corrected chi connectivity index (χ3v) is 4.89. The predicted octanol–water partition coefficient (Wildman–Crippen LogP) is 3.55. The van der Waals surface area contributed by atoms with Gasteiger partial charge in [0.05, 0.1) is 12.1 Å². The SMILES string of the molecule is Cc1ccc(C2=C(Cl)C(=O)N(Cc3ccc4c(c3)OCO4)C2=O)c(C)c1. The molecule has 0 N–H and O–H groups in total. The zero-order valence-electron chi connectivity index (χ0n) is 14.3. The Morgan fingerprint density at radius 1 is 1.00 bits per heavy atom. The lowest BCUT2D eigenvalue weighted by atomic mass is 9.99. The number of hydrogen-bond donors (Lipinski definition) is 0. The van der Waals surface area contributed by atoms with E-state index in [1.807, 2.05) is 32.0 Å². The quantitative estimate of drug-likeness (QED) is 0.776. The summed E-state index contributed by atoms with van der Waals surface area (Å²) in [6.45, 7) is 4.17. The fourth-order valence-electron chi connectivity index (χ4n) is 3.24. The van der Waals surface area contributed by atoms with E-state index in [-0.39, 0.29) is 29.9 Å². The van der Waals surface area contributed by atoms with Crippen LogP contribution in [-0.2, 0) is 16.1 Å². The fraction of sp³-hybridized carbons (Fsp3) is 0.200. The zero-order chi connectivity index (χ0) is 18.4. The minimum atomic E-state index is -0.482. The third-order valence-electron chi connectivity index (χ3n) is 4.54. The molecule has 4 rings (SSSR count). The number of amides is 2. The molecule has 132 valence electrons. The van der Waals surface area contributed by atoms with Crippen molar-refractivity contribution in [1.82, 2.24) is 4.90 Å². The van der Waals surface area contributed by atoms with Crippen molar-refractivity contribution in [3.8, 4) is 11.5 Å². The first-order valence-corrected chi connectivity index (χ1v) is 8.55. The first-order chi connectivity index (χ1) is 12.5. The number of imide groups is 1. The Balaban J connectivity index is 1.64. The van der Waals surface area contributed by atoms with Gasteiger partial charge in [0.15, 0.2) is 11.5 Å². The molecule has 0 aliphatic carbocycles. The van der Waals surface area contributed by atoms with Crippen LogP contribution in [0.4, 0.5) is 0 Å².